The van der Waals surface area contributed by atoms with Crippen molar-refractivity contribution >= 4 is 23.6 Å². The molecule has 0 fully saturated rings. The number of hydrogen-bond donors (Lipinski definition) is 4. The number of nitrogens with one attached hydrogen (secondary N) is 4. The number of rotatable bonds is 9. The molecule has 128 valence electrons. The van der Waals surface area contributed by atoms with Gasteiger partial charge in [-0.2, -0.15) is 0 Å². The van der Waals surface area contributed by atoms with Gasteiger partial charge in [-0.1, -0.05) is 19.1 Å². The molecule has 23 heavy (non-hydrogen) atoms. The normalized spacial score (nSPS) is 10.8. The predicted molar refractivity (Wildman–Crippen MR) is 86.3 cm³/mol. The van der Waals surface area contributed by atoms with Crippen molar-refractivity contribution in [3.05, 3.63) is 25.3 Å². The highest BCUT2D eigenvalue weighted by Gasteiger charge is 2.17. The second kappa shape index (κ2) is 12.0. The van der Waals surface area contributed by atoms with Gasteiger partial charge in [0.15, 0.2) is 0 Å². The molecule has 8 heteroatoms. The highest BCUT2D eigenvalue weighted by atomic mass is 16.2. The van der Waals surface area contributed by atoms with Crippen LogP contribution in [0.2, 0.25) is 0 Å². The Balaban J connectivity index is 4.14. The summed E-state index contributed by atoms with van der Waals surface area (Å²) in [5.41, 5.74) is 0. The van der Waals surface area contributed by atoms with Crippen LogP contribution < -0.4 is 21.3 Å². The highest BCUT2D eigenvalue weighted by molar-refractivity contribution is 6.35. The molecule has 0 heterocycles. The lowest BCUT2D eigenvalue weighted by molar-refractivity contribution is -0.139. The molecule has 0 aliphatic carbocycles. The summed E-state index contributed by atoms with van der Waals surface area (Å²) in [4.78, 5) is 45.8. The topological polar surface area (TPSA) is 116 Å². The summed E-state index contributed by atoms with van der Waals surface area (Å²) >= 11 is 0. The number of carbonyl (C=O) groups is 4. The van der Waals surface area contributed by atoms with Gasteiger partial charge in [0.05, 0.1) is 0 Å². The third kappa shape index (κ3) is 9.07. The first-order valence-corrected chi connectivity index (χ1v) is 7.32. The second-order valence-corrected chi connectivity index (χ2v) is 4.62. The van der Waals surface area contributed by atoms with Crippen molar-refractivity contribution in [1.29, 1.82) is 0 Å². The number of carbonyl (C=O) groups excluding carboxylic acids is 4. The average Bonchev–Trinajstić information content (AvgIpc) is 2.55. The molecule has 0 rings (SSSR count). The summed E-state index contributed by atoms with van der Waals surface area (Å²) in [5.74, 6) is -2.98. The third-order valence-corrected chi connectivity index (χ3v) is 2.83. The Kier molecular flexibility index (Phi) is 10.6. The maximum Gasteiger partial charge on any atom is 0.309 e. The van der Waals surface area contributed by atoms with E-state index in [-0.39, 0.29) is 25.7 Å². The summed E-state index contributed by atoms with van der Waals surface area (Å²) in [6.07, 6.45) is 3.91. The lowest BCUT2D eigenvalue weighted by Gasteiger charge is -2.16. The highest BCUT2D eigenvalue weighted by Crippen LogP contribution is 1.96. The molecule has 0 bridgehead atoms. The Morgan fingerprint density at radius 3 is 1.83 bits per heavy atom. The maximum atomic E-state index is 11.6. The van der Waals surface area contributed by atoms with Gasteiger partial charge in [-0.3, -0.25) is 19.2 Å². The minimum Gasteiger partial charge on any atom is -0.348 e. The van der Waals surface area contributed by atoms with Crippen LogP contribution in [0.3, 0.4) is 0 Å². The van der Waals surface area contributed by atoms with E-state index < -0.39 is 23.6 Å². The van der Waals surface area contributed by atoms with Gasteiger partial charge in [-0.15, -0.1) is 13.2 Å². The lowest BCUT2D eigenvalue weighted by atomic mass is 10.1. The smallest absolute Gasteiger partial charge is 0.309 e. The second-order valence-electron chi connectivity index (χ2n) is 4.62. The Morgan fingerprint density at radius 2 is 1.35 bits per heavy atom. The van der Waals surface area contributed by atoms with Crippen LogP contribution in [0.25, 0.3) is 0 Å². The Labute approximate surface area is 135 Å². The lowest BCUT2D eigenvalue weighted by Crippen LogP contribution is -2.46. The molecule has 0 saturated carbocycles. The molecule has 0 spiro atoms. The fraction of sp³-hybridized carbons (Fsp3) is 0.467. The van der Waals surface area contributed by atoms with E-state index in [0.717, 1.165) is 0 Å². The van der Waals surface area contributed by atoms with Crippen LogP contribution in [0, 0.1) is 0 Å². The van der Waals surface area contributed by atoms with Crippen LogP contribution in [0.5, 0.6) is 0 Å². The van der Waals surface area contributed by atoms with Gasteiger partial charge in [0.1, 0.15) is 0 Å². The van der Waals surface area contributed by atoms with Crippen LogP contribution in [0.4, 0.5) is 0 Å². The molecule has 0 aromatic carbocycles. The fourth-order valence-electron chi connectivity index (χ4n) is 1.56. The minimum atomic E-state index is -0.753. The van der Waals surface area contributed by atoms with Gasteiger partial charge < -0.3 is 21.3 Å². The quantitative estimate of drug-likeness (QED) is 0.321. The molecule has 0 aliphatic rings. The molecule has 0 aliphatic heterocycles. The van der Waals surface area contributed by atoms with Crippen LogP contribution >= 0.6 is 0 Å². The molecule has 0 radical (unpaired) electrons. The standard InChI is InChI=1S/C15H24N4O4/c1-4-8-16-12(20)13(21)18-10-7-11(6-3)19-15(23)14(22)17-9-5-2/h4-5,11H,1-2,6-10H2,3H3,(H,16,20)(H,17,22)(H,18,21)(H,19,23). The van der Waals surface area contributed by atoms with Crippen molar-refractivity contribution in [1.82, 2.24) is 21.3 Å². The molecule has 4 amide bonds. The molecule has 8 nitrogen and oxygen atoms in total. The van der Waals surface area contributed by atoms with E-state index in [0.29, 0.717) is 12.8 Å². The molecule has 0 saturated heterocycles. The van der Waals surface area contributed by atoms with Crippen molar-refractivity contribution in [2.24, 2.45) is 0 Å². The summed E-state index contributed by atoms with van der Waals surface area (Å²) in [5, 5.41) is 9.73. The molecule has 1 atom stereocenters. The Bertz CT molecular complexity index is 462. The van der Waals surface area contributed by atoms with E-state index in [1.165, 1.54) is 12.2 Å². The zero-order valence-corrected chi connectivity index (χ0v) is 13.3. The van der Waals surface area contributed by atoms with E-state index in [1.54, 1.807) is 0 Å². The van der Waals surface area contributed by atoms with Crippen LogP contribution in [-0.4, -0.2) is 49.3 Å². The van der Waals surface area contributed by atoms with Gasteiger partial charge in [0.2, 0.25) is 0 Å². The molecule has 1 unspecified atom stereocenters. The summed E-state index contributed by atoms with van der Waals surface area (Å²) < 4.78 is 0. The summed E-state index contributed by atoms with van der Waals surface area (Å²) in [6, 6.07) is -0.284. The zero-order chi connectivity index (χ0) is 17.7. The molecule has 0 aromatic rings. The average molecular weight is 324 g/mol. The van der Waals surface area contributed by atoms with Crippen LogP contribution in [0.1, 0.15) is 19.8 Å². The van der Waals surface area contributed by atoms with Crippen molar-refractivity contribution in [3.63, 3.8) is 0 Å². The molecule has 4 N–H and O–H groups in total. The van der Waals surface area contributed by atoms with Gasteiger partial charge in [0, 0.05) is 25.7 Å². The first-order chi connectivity index (χ1) is 11.0. The maximum absolute atomic E-state index is 11.6. The largest absolute Gasteiger partial charge is 0.348 e. The predicted octanol–water partition coefficient (Wildman–Crippen LogP) is -1.01. The van der Waals surface area contributed by atoms with E-state index in [1.807, 2.05) is 6.92 Å². The Morgan fingerprint density at radius 1 is 0.870 bits per heavy atom. The van der Waals surface area contributed by atoms with E-state index in [9.17, 15) is 19.2 Å². The Hall–Kier alpha value is -2.64. The first-order valence-electron chi connectivity index (χ1n) is 7.32. The van der Waals surface area contributed by atoms with Gasteiger partial charge >= 0.3 is 23.6 Å². The van der Waals surface area contributed by atoms with E-state index >= 15 is 0 Å². The van der Waals surface area contributed by atoms with Gasteiger partial charge in [-0.05, 0) is 12.8 Å². The summed E-state index contributed by atoms with van der Waals surface area (Å²) in [6.45, 7) is 9.31. The van der Waals surface area contributed by atoms with Crippen LogP contribution in [0.15, 0.2) is 25.3 Å². The third-order valence-electron chi connectivity index (χ3n) is 2.83. The first kappa shape index (κ1) is 20.4. The minimum absolute atomic E-state index is 0.202. The molecule has 0 aromatic heterocycles. The van der Waals surface area contributed by atoms with Gasteiger partial charge in [-0.25, -0.2) is 0 Å². The van der Waals surface area contributed by atoms with Gasteiger partial charge in [0.25, 0.3) is 0 Å². The molecular formula is C15H24N4O4. The number of amides is 4. The number of hydrogen-bond acceptors (Lipinski definition) is 4. The van der Waals surface area contributed by atoms with Crippen molar-refractivity contribution < 1.29 is 19.2 Å². The van der Waals surface area contributed by atoms with Crippen molar-refractivity contribution in [2.45, 2.75) is 25.8 Å². The van der Waals surface area contributed by atoms with Crippen LogP contribution in [-0.2, 0) is 19.2 Å². The SMILES string of the molecule is C=CCNC(=O)C(=O)NCCC(CC)NC(=O)C(=O)NCC=C. The summed E-state index contributed by atoms with van der Waals surface area (Å²) in [7, 11) is 0. The van der Waals surface area contributed by atoms with E-state index in [4.69, 9.17) is 0 Å². The monoisotopic (exact) mass is 324 g/mol. The fourth-order valence-corrected chi connectivity index (χ4v) is 1.56. The molecular weight excluding hydrogens is 300 g/mol. The van der Waals surface area contributed by atoms with Crippen molar-refractivity contribution in [3.8, 4) is 0 Å². The van der Waals surface area contributed by atoms with Crippen molar-refractivity contribution in [2.75, 3.05) is 19.6 Å². The van der Waals surface area contributed by atoms with E-state index in [2.05, 4.69) is 34.4 Å². The zero-order valence-electron chi connectivity index (χ0n) is 13.3.